The van der Waals surface area contributed by atoms with Gasteiger partial charge in [-0.3, -0.25) is 0 Å². The third kappa shape index (κ3) is 1.94. The molecule has 1 aliphatic rings. The number of rotatable bonds is 2. The molecule has 1 heterocycles. The zero-order valence-corrected chi connectivity index (χ0v) is 13.6. The number of halogens is 1. The molecule has 2 heteroatoms. The molecule has 2 atom stereocenters. The van der Waals surface area contributed by atoms with E-state index in [-0.39, 0.29) is 29.4 Å². The minimum Gasteiger partial charge on any atom is -1.00 e. The molecule has 0 fully saturated rings. The molecule has 2 rings (SSSR count). The van der Waals surface area contributed by atoms with Crippen LogP contribution in [0.3, 0.4) is 0 Å². The van der Waals surface area contributed by atoms with Gasteiger partial charge in [-0.15, -0.1) is 0 Å². The maximum absolute atomic E-state index is 2.39. The molecule has 0 amide bonds. The maximum Gasteiger partial charge on any atom is 0.209 e. The van der Waals surface area contributed by atoms with E-state index in [2.05, 4.69) is 63.6 Å². The van der Waals surface area contributed by atoms with Gasteiger partial charge in [0.1, 0.15) is 7.05 Å². The predicted octanol–water partition coefficient (Wildman–Crippen LogP) is 0.743. The normalized spacial score (nSPS) is 24.3. The van der Waals surface area contributed by atoms with E-state index in [1.807, 2.05) is 0 Å². The molecule has 17 heavy (non-hydrogen) atoms. The highest BCUT2D eigenvalue weighted by Crippen LogP contribution is 2.44. The smallest absolute Gasteiger partial charge is 0.209 e. The van der Waals surface area contributed by atoms with Crippen LogP contribution in [0.4, 0.5) is 5.69 Å². The largest absolute Gasteiger partial charge is 1.00 e. The summed E-state index contributed by atoms with van der Waals surface area (Å²) in [5.41, 5.74) is 4.55. The van der Waals surface area contributed by atoms with Crippen molar-refractivity contribution in [2.75, 3.05) is 7.05 Å². The van der Waals surface area contributed by atoms with E-state index in [9.17, 15) is 0 Å². The van der Waals surface area contributed by atoms with Crippen LogP contribution in [-0.4, -0.2) is 17.3 Å². The Hall–Kier alpha value is -0.380. The van der Waals surface area contributed by atoms with E-state index in [0.717, 1.165) is 0 Å². The van der Waals surface area contributed by atoms with Gasteiger partial charge in [0.2, 0.25) is 5.69 Å². The molecule has 94 valence electrons. The Morgan fingerprint density at radius 3 is 2.47 bits per heavy atom. The highest BCUT2D eigenvalue weighted by Gasteiger charge is 2.47. The number of fused-ring (bicyclic) bond motifs is 1. The second-order valence-corrected chi connectivity index (χ2v) is 5.17. The topological polar surface area (TPSA) is 3.01 Å². The van der Waals surface area contributed by atoms with Crippen LogP contribution >= 0.6 is 0 Å². The fraction of sp³-hybridized carbons (Fsp3) is 0.533. The van der Waals surface area contributed by atoms with E-state index in [4.69, 9.17) is 0 Å². The molecule has 0 spiro atoms. The Labute approximate surface area is 122 Å². The standard InChI is InChI=1S/C15H22N.HI/c1-6-11(2)15(4)12(3)16(5)14-10-8-7-9-13(14)15;/h7-11H,6H2,1-5H3;1H/q+1;/p-1/t11-,15?;/m0./s1. The summed E-state index contributed by atoms with van der Waals surface area (Å²) >= 11 is 0. The fourth-order valence-electron chi connectivity index (χ4n) is 2.96. The van der Waals surface area contributed by atoms with E-state index in [0.29, 0.717) is 5.92 Å². The van der Waals surface area contributed by atoms with Gasteiger partial charge in [0.15, 0.2) is 5.71 Å². The Bertz CT molecular complexity index is 450. The summed E-state index contributed by atoms with van der Waals surface area (Å²) in [6.07, 6.45) is 1.22. The number of hydrogen-bond donors (Lipinski definition) is 0. The monoisotopic (exact) mass is 343 g/mol. The third-order valence-corrected chi connectivity index (χ3v) is 4.68. The van der Waals surface area contributed by atoms with Crippen molar-refractivity contribution in [2.45, 2.75) is 39.5 Å². The minimum atomic E-state index is 0. The van der Waals surface area contributed by atoms with Crippen LogP contribution in [0.25, 0.3) is 0 Å². The van der Waals surface area contributed by atoms with Crippen LogP contribution in [0.1, 0.15) is 39.7 Å². The van der Waals surface area contributed by atoms with Crippen LogP contribution in [0.5, 0.6) is 0 Å². The van der Waals surface area contributed by atoms with Crippen LogP contribution in [-0.2, 0) is 5.41 Å². The lowest BCUT2D eigenvalue weighted by Gasteiger charge is -2.28. The van der Waals surface area contributed by atoms with E-state index in [1.165, 1.54) is 23.4 Å². The summed E-state index contributed by atoms with van der Waals surface area (Å²) < 4.78 is 2.35. The average Bonchev–Trinajstić information content (AvgIpc) is 2.52. The molecule has 0 N–H and O–H groups in total. The van der Waals surface area contributed by atoms with Crippen molar-refractivity contribution in [3.05, 3.63) is 29.8 Å². The van der Waals surface area contributed by atoms with Crippen molar-refractivity contribution in [1.29, 1.82) is 0 Å². The molecule has 0 saturated carbocycles. The molecule has 1 aliphatic heterocycles. The lowest BCUT2D eigenvalue weighted by Crippen LogP contribution is -3.00. The number of nitrogens with zero attached hydrogens (tertiary/aromatic N) is 1. The molecule has 0 aliphatic carbocycles. The summed E-state index contributed by atoms with van der Waals surface area (Å²) in [6, 6.07) is 8.80. The van der Waals surface area contributed by atoms with Crippen molar-refractivity contribution in [1.82, 2.24) is 0 Å². The lowest BCUT2D eigenvalue weighted by atomic mass is 9.69. The van der Waals surface area contributed by atoms with E-state index >= 15 is 0 Å². The van der Waals surface area contributed by atoms with E-state index < -0.39 is 0 Å². The summed E-state index contributed by atoms with van der Waals surface area (Å²) in [7, 11) is 2.18. The SMILES string of the molecule is CC[C@H](C)C1(C)C(C)=[N+](C)c2ccccc21.[I-]. The molecule has 0 aromatic heterocycles. The molecule has 1 aromatic carbocycles. The van der Waals surface area contributed by atoms with Gasteiger partial charge in [0.05, 0.1) is 5.41 Å². The first-order chi connectivity index (χ1) is 7.53. The molecule has 0 bridgehead atoms. The zero-order valence-electron chi connectivity index (χ0n) is 11.4. The van der Waals surface area contributed by atoms with Gasteiger partial charge in [-0.05, 0) is 12.8 Å². The second kappa shape index (κ2) is 5.09. The molecule has 1 unspecified atom stereocenters. The van der Waals surface area contributed by atoms with Gasteiger partial charge in [-0.25, -0.2) is 4.58 Å². The molecule has 1 aromatic rings. The average molecular weight is 343 g/mol. The first kappa shape index (κ1) is 14.7. The molecule has 0 saturated heterocycles. The van der Waals surface area contributed by atoms with Crippen LogP contribution in [0, 0.1) is 5.92 Å². The molecular formula is C15H22IN. The maximum atomic E-state index is 2.39. The van der Waals surface area contributed by atoms with Crippen molar-refractivity contribution >= 4 is 11.4 Å². The van der Waals surface area contributed by atoms with Gasteiger partial charge < -0.3 is 24.0 Å². The zero-order chi connectivity index (χ0) is 11.9. The van der Waals surface area contributed by atoms with Crippen molar-refractivity contribution in [3.63, 3.8) is 0 Å². The van der Waals surface area contributed by atoms with Gasteiger partial charge in [0.25, 0.3) is 0 Å². The number of benzene rings is 1. The van der Waals surface area contributed by atoms with Crippen molar-refractivity contribution in [3.8, 4) is 0 Å². The van der Waals surface area contributed by atoms with E-state index in [1.54, 1.807) is 0 Å². The van der Waals surface area contributed by atoms with Crippen molar-refractivity contribution in [2.24, 2.45) is 5.92 Å². The molecule has 1 nitrogen and oxygen atoms in total. The lowest BCUT2D eigenvalue weighted by molar-refractivity contribution is -0.403. The van der Waals surface area contributed by atoms with Gasteiger partial charge in [0, 0.05) is 18.6 Å². The molecular weight excluding hydrogens is 321 g/mol. The highest BCUT2D eigenvalue weighted by molar-refractivity contribution is 5.93. The van der Waals surface area contributed by atoms with Crippen molar-refractivity contribution < 1.29 is 28.6 Å². The van der Waals surface area contributed by atoms with Crippen LogP contribution in [0.15, 0.2) is 24.3 Å². The summed E-state index contributed by atoms with van der Waals surface area (Å²) in [6.45, 7) is 9.30. The Morgan fingerprint density at radius 2 is 1.88 bits per heavy atom. The Kier molecular flexibility index (Phi) is 4.39. The van der Waals surface area contributed by atoms with Crippen LogP contribution < -0.4 is 24.0 Å². The van der Waals surface area contributed by atoms with Gasteiger partial charge >= 0.3 is 0 Å². The minimum absolute atomic E-state index is 0. The number of para-hydroxylation sites is 1. The summed E-state index contributed by atoms with van der Waals surface area (Å²) in [5, 5.41) is 0. The first-order valence-electron chi connectivity index (χ1n) is 6.20. The van der Waals surface area contributed by atoms with Gasteiger partial charge in [-0.1, -0.05) is 38.5 Å². The van der Waals surface area contributed by atoms with Crippen LogP contribution in [0.2, 0.25) is 0 Å². The highest BCUT2D eigenvalue weighted by atomic mass is 127. The number of hydrogen-bond acceptors (Lipinski definition) is 0. The summed E-state index contributed by atoms with van der Waals surface area (Å²) in [4.78, 5) is 0. The molecule has 0 radical (unpaired) electrons. The first-order valence-corrected chi connectivity index (χ1v) is 6.20. The Balaban J connectivity index is 0.00000144. The quantitative estimate of drug-likeness (QED) is 0.551. The Morgan fingerprint density at radius 1 is 1.29 bits per heavy atom. The third-order valence-electron chi connectivity index (χ3n) is 4.68. The predicted molar refractivity (Wildman–Crippen MR) is 69.8 cm³/mol. The van der Waals surface area contributed by atoms with Gasteiger partial charge in [-0.2, -0.15) is 0 Å². The summed E-state index contributed by atoms with van der Waals surface area (Å²) in [5.74, 6) is 0.679. The second-order valence-electron chi connectivity index (χ2n) is 5.17. The fourth-order valence-corrected chi connectivity index (χ4v) is 2.96.